The molecule has 1 atom stereocenters. The number of allylic oxidation sites excluding steroid dienone is 1. The molecule has 1 aromatic carbocycles. The topological polar surface area (TPSA) is 80.2 Å². The fourth-order valence-corrected chi connectivity index (χ4v) is 4.75. The zero-order chi connectivity index (χ0) is 22.0. The maximum absolute atomic E-state index is 13.1. The number of benzene rings is 1. The number of hydrogen-bond donors (Lipinski definition) is 1. The molecular weight excluding hydrogens is 438 g/mol. The highest BCUT2D eigenvalue weighted by Gasteiger charge is 2.41. The summed E-state index contributed by atoms with van der Waals surface area (Å²) in [6, 6.07) is 7.17. The van der Waals surface area contributed by atoms with E-state index in [1.807, 2.05) is 28.5 Å². The van der Waals surface area contributed by atoms with Crippen LogP contribution in [-0.2, 0) is 19.1 Å². The Bertz CT molecular complexity index is 987. The van der Waals surface area contributed by atoms with Crippen molar-refractivity contribution in [3.8, 4) is 0 Å². The predicted octanol–water partition coefficient (Wildman–Crippen LogP) is 3.77. The third-order valence-electron chi connectivity index (χ3n) is 5.19. The van der Waals surface area contributed by atoms with E-state index < -0.39 is 12.0 Å². The normalized spacial score (nSPS) is 20.2. The second kappa shape index (κ2) is 9.46. The largest absolute Gasteiger partial charge is 0.460 e. The van der Waals surface area contributed by atoms with Crippen molar-refractivity contribution in [2.24, 2.45) is 4.99 Å². The average molecular weight is 462 g/mol. The van der Waals surface area contributed by atoms with Gasteiger partial charge in [-0.25, -0.2) is 9.79 Å². The lowest BCUT2D eigenvalue weighted by molar-refractivity contribution is -0.141. The zero-order valence-electron chi connectivity index (χ0n) is 17.4. The van der Waals surface area contributed by atoms with Gasteiger partial charge in [-0.2, -0.15) is 0 Å². The number of thioether (sulfide) groups is 1. The first-order valence-electron chi connectivity index (χ1n) is 10.1. The van der Waals surface area contributed by atoms with Gasteiger partial charge in [0.25, 0.3) is 0 Å². The molecule has 0 radical (unpaired) electrons. The molecule has 2 heterocycles. The molecule has 9 heteroatoms. The molecule has 1 aliphatic carbocycles. The number of ether oxygens (including phenoxy) is 2. The van der Waals surface area contributed by atoms with Gasteiger partial charge in [0.2, 0.25) is 5.91 Å². The second-order valence-electron chi connectivity index (χ2n) is 7.60. The van der Waals surface area contributed by atoms with Crippen LogP contribution in [0.4, 0.5) is 0 Å². The molecule has 0 saturated heterocycles. The Morgan fingerprint density at radius 3 is 2.84 bits per heavy atom. The van der Waals surface area contributed by atoms with Gasteiger partial charge in [0, 0.05) is 23.9 Å². The van der Waals surface area contributed by atoms with E-state index in [-0.39, 0.29) is 25.0 Å². The van der Waals surface area contributed by atoms with Crippen molar-refractivity contribution in [3.05, 3.63) is 57.2 Å². The van der Waals surface area contributed by atoms with Gasteiger partial charge in [0.05, 0.1) is 30.3 Å². The third-order valence-corrected chi connectivity index (χ3v) is 6.31. The highest BCUT2D eigenvalue weighted by Crippen LogP contribution is 2.45. The maximum atomic E-state index is 13.1. The van der Waals surface area contributed by atoms with Gasteiger partial charge in [-0.1, -0.05) is 35.5 Å². The van der Waals surface area contributed by atoms with Crippen LogP contribution < -0.4 is 5.32 Å². The highest BCUT2D eigenvalue weighted by atomic mass is 35.5. The van der Waals surface area contributed by atoms with E-state index in [0.717, 1.165) is 29.3 Å². The number of fused-ring (bicyclic) bond motifs is 1. The van der Waals surface area contributed by atoms with Crippen LogP contribution in [0.25, 0.3) is 0 Å². The van der Waals surface area contributed by atoms with Gasteiger partial charge >= 0.3 is 5.97 Å². The van der Waals surface area contributed by atoms with Gasteiger partial charge in [0.1, 0.15) is 6.61 Å². The minimum Gasteiger partial charge on any atom is -0.460 e. The first-order chi connectivity index (χ1) is 15.0. The van der Waals surface area contributed by atoms with E-state index in [1.165, 1.54) is 11.8 Å². The Kier molecular flexibility index (Phi) is 6.69. The summed E-state index contributed by atoms with van der Waals surface area (Å²) >= 11 is 7.72. The highest BCUT2D eigenvalue weighted by molar-refractivity contribution is 8.16. The monoisotopic (exact) mass is 461 g/mol. The SMILES string of the molecule is COCCOC(=O)C1=C(C)N=C2SC=C(CC(=O)NC3CC3)N2C1c1cccc(Cl)c1. The smallest absolute Gasteiger partial charge is 0.338 e. The fraction of sp³-hybridized carbons (Fsp3) is 0.409. The molecule has 1 N–H and O–H groups in total. The van der Waals surface area contributed by atoms with E-state index >= 15 is 0 Å². The summed E-state index contributed by atoms with van der Waals surface area (Å²) in [5, 5.41) is 6.24. The molecule has 1 fully saturated rings. The number of carbonyl (C=O) groups is 2. The van der Waals surface area contributed by atoms with Gasteiger partial charge in [-0.05, 0) is 42.9 Å². The maximum Gasteiger partial charge on any atom is 0.338 e. The van der Waals surface area contributed by atoms with Crippen LogP contribution in [0.3, 0.4) is 0 Å². The van der Waals surface area contributed by atoms with E-state index in [2.05, 4.69) is 10.3 Å². The Morgan fingerprint density at radius 2 is 2.13 bits per heavy atom. The Balaban J connectivity index is 1.67. The van der Waals surface area contributed by atoms with Crippen LogP contribution in [0, 0.1) is 0 Å². The summed E-state index contributed by atoms with van der Waals surface area (Å²) in [7, 11) is 1.55. The number of amides is 1. The number of halogens is 1. The Labute approximate surface area is 190 Å². The first kappa shape index (κ1) is 21.9. The number of amidine groups is 1. The lowest BCUT2D eigenvalue weighted by atomic mass is 9.94. The number of esters is 1. The zero-order valence-corrected chi connectivity index (χ0v) is 19.0. The van der Waals surface area contributed by atoms with Crippen LogP contribution in [-0.4, -0.2) is 48.3 Å². The molecular formula is C22H24ClN3O4S. The quantitative estimate of drug-likeness (QED) is 0.469. The number of rotatable bonds is 8. The van der Waals surface area contributed by atoms with Crippen LogP contribution >= 0.6 is 23.4 Å². The predicted molar refractivity (Wildman–Crippen MR) is 120 cm³/mol. The van der Waals surface area contributed by atoms with Crippen LogP contribution in [0.2, 0.25) is 5.02 Å². The van der Waals surface area contributed by atoms with E-state index in [1.54, 1.807) is 20.1 Å². The van der Waals surface area contributed by atoms with Crippen molar-refractivity contribution in [1.82, 2.24) is 10.2 Å². The molecule has 7 nitrogen and oxygen atoms in total. The van der Waals surface area contributed by atoms with E-state index in [4.69, 9.17) is 21.1 Å². The summed E-state index contributed by atoms with van der Waals surface area (Å²) in [6.07, 6.45) is 2.27. The van der Waals surface area contributed by atoms with Gasteiger partial charge in [-0.15, -0.1) is 0 Å². The number of aliphatic imine (C=N–C) groups is 1. The van der Waals surface area contributed by atoms with Crippen molar-refractivity contribution in [2.75, 3.05) is 20.3 Å². The average Bonchev–Trinajstić information content (AvgIpc) is 3.46. The number of nitrogens with zero attached hydrogens (tertiary/aromatic N) is 2. The summed E-state index contributed by atoms with van der Waals surface area (Å²) in [4.78, 5) is 32.1. The summed E-state index contributed by atoms with van der Waals surface area (Å²) in [5.74, 6) is -0.489. The van der Waals surface area contributed by atoms with Gasteiger partial charge in [-0.3, -0.25) is 4.79 Å². The summed E-state index contributed by atoms with van der Waals surface area (Å²) < 4.78 is 10.4. The van der Waals surface area contributed by atoms with Gasteiger partial charge in [0.15, 0.2) is 5.17 Å². The standard InChI is InChI=1S/C22H24ClN3O4S/c1-13-19(21(28)30-9-8-29-2)20(14-4-3-5-15(23)10-14)26-17(12-31-22(26)24-13)11-18(27)25-16-6-7-16/h3-5,10,12,16,20H,6-9,11H2,1-2H3,(H,25,27). The number of hydrogen-bond acceptors (Lipinski definition) is 7. The minimum absolute atomic E-state index is 0.0315. The molecule has 3 aliphatic rings. The molecule has 4 rings (SSSR count). The molecule has 31 heavy (non-hydrogen) atoms. The molecule has 0 aromatic heterocycles. The molecule has 0 bridgehead atoms. The fourth-order valence-electron chi connectivity index (χ4n) is 3.59. The Morgan fingerprint density at radius 1 is 1.32 bits per heavy atom. The van der Waals surface area contributed by atoms with Gasteiger partial charge < -0.3 is 19.7 Å². The number of nitrogens with one attached hydrogen (secondary N) is 1. The number of methoxy groups -OCH3 is 1. The third kappa shape index (κ3) is 4.97. The minimum atomic E-state index is -0.490. The van der Waals surface area contributed by atoms with E-state index in [9.17, 15) is 9.59 Å². The lowest BCUT2D eigenvalue weighted by Gasteiger charge is -2.36. The number of carbonyl (C=O) groups excluding carboxylic acids is 2. The van der Waals surface area contributed by atoms with Crippen LogP contribution in [0.15, 0.2) is 51.6 Å². The molecule has 1 aromatic rings. The first-order valence-corrected chi connectivity index (χ1v) is 11.4. The molecule has 0 spiro atoms. The van der Waals surface area contributed by atoms with Crippen molar-refractivity contribution >= 4 is 40.4 Å². The summed E-state index contributed by atoms with van der Waals surface area (Å²) in [5.41, 5.74) is 2.64. The lowest BCUT2D eigenvalue weighted by Crippen LogP contribution is -2.38. The van der Waals surface area contributed by atoms with E-state index in [0.29, 0.717) is 22.9 Å². The second-order valence-corrected chi connectivity index (χ2v) is 8.87. The van der Waals surface area contributed by atoms with Crippen LogP contribution in [0.5, 0.6) is 0 Å². The molecule has 164 valence electrons. The molecule has 2 aliphatic heterocycles. The van der Waals surface area contributed by atoms with Crippen molar-refractivity contribution < 1.29 is 19.1 Å². The van der Waals surface area contributed by atoms with Crippen molar-refractivity contribution in [2.45, 2.75) is 38.3 Å². The molecule has 1 unspecified atom stereocenters. The van der Waals surface area contributed by atoms with Crippen LogP contribution in [0.1, 0.15) is 37.8 Å². The Hall–Kier alpha value is -2.29. The summed E-state index contributed by atoms with van der Waals surface area (Å²) in [6.45, 7) is 2.25. The van der Waals surface area contributed by atoms with Crippen molar-refractivity contribution in [3.63, 3.8) is 0 Å². The van der Waals surface area contributed by atoms with Crippen molar-refractivity contribution in [1.29, 1.82) is 0 Å². The molecule has 1 amide bonds. The molecule has 1 saturated carbocycles.